The van der Waals surface area contributed by atoms with Gasteiger partial charge in [-0.1, -0.05) is 0 Å². The zero-order valence-electron chi connectivity index (χ0n) is 10.3. The summed E-state index contributed by atoms with van der Waals surface area (Å²) in [4.78, 5) is 22.7. The molecule has 0 aromatic carbocycles. The fourth-order valence-corrected chi connectivity index (χ4v) is 4.32. The summed E-state index contributed by atoms with van der Waals surface area (Å²) in [5, 5.41) is 11.8. The van der Waals surface area contributed by atoms with Crippen LogP contribution in [0.25, 0.3) is 0 Å². The Morgan fingerprint density at radius 3 is 2.37 bits per heavy atom. The van der Waals surface area contributed by atoms with Gasteiger partial charge in [0.2, 0.25) is 5.76 Å². The molecule has 0 radical (unpaired) electrons. The van der Waals surface area contributed by atoms with E-state index in [4.69, 9.17) is 9.52 Å². The summed E-state index contributed by atoms with van der Waals surface area (Å²) >= 11 is 0. The number of amides is 1. The van der Waals surface area contributed by atoms with Crippen LogP contribution in [0.5, 0.6) is 0 Å². The highest BCUT2D eigenvalue weighted by atomic mass is 16.4. The van der Waals surface area contributed by atoms with E-state index in [2.05, 4.69) is 5.32 Å². The van der Waals surface area contributed by atoms with Crippen LogP contribution >= 0.6 is 0 Å². The SMILES string of the molecule is O=C(O)c1ccc(C(=O)NC2C3C4CCC(C4)C23)o1. The second kappa shape index (κ2) is 3.62. The van der Waals surface area contributed by atoms with Crippen molar-refractivity contribution < 1.29 is 19.1 Å². The Kier molecular flexibility index (Phi) is 2.11. The number of carbonyl (C=O) groups is 2. The normalized spacial score (nSPS) is 38.0. The van der Waals surface area contributed by atoms with Gasteiger partial charge in [-0.05, 0) is 55.1 Å². The minimum Gasteiger partial charge on any atom is -0.475 e. The molecule has 3 aliphatic carbocycles. The van der Waals surface area contributed by atoms with Gasteiger partial charge in [0, 0.05) is 6.04 Å². The highest BCUT2D eigenvalue weighted by molar-refractivity contribution is 5.93. The number of carboxylic acids is 1. The van der Waals surface area contributed by atoms with E-state index in [-0.39, 0.29) is 23.5 Å². The molecule has 2 N–H and O–H groups in total. The highest BCUT2D eigenvalue weighted by Gasteiger charge is 2.65. The molecule has 2 bridgehead atoms. The Bertz CT molecular complexity index is 548. The zero-order valence-corrected chi connectivity index (χ0v) is 10.3. The third-order valence-electron chi connectivity index (χ3n) is 5.07. The summed E-state index contributed by atoms with van der Waals surface area (Å²) in [6.07, 6.45) is 3.95. The van der Waals surface area contributed by atoms with E-state index < -0.39 is 5.97 Å². The third kappa shape index (κ3) is 1.54. The Hall–Kier alpha value is -1.78. The van der Waals surface area contributed by atoms with Crippen LogP contribution in [0.15, 0.2) is 16.5 Å². The first-order chi connectivity index (χ1) is 9.15. The van der Waals surface area contributed by atoms with Crippen molar-refractivity contribution in [3.05, 3.63) is 23.7 Å². The Labute approximate surface area is 110 Å². The molecule has 3 saturated carbocycles. The Morgan fingerprint density at radius 1 is 1.16 bits per heavy atom. The second-order valence-corrected chi connectivity index (χ2v) is 5.96. The van der Waals surface area contributed by atoms with Gasteiger partial charge in [0.15, 0.2) is 5.76 Å². The molecule has 1 heterocycles. The molecule has 1 aromatic heterocycles. The van der Waals surface area contributed by atoms with Crippen LogP contribution in [0, 0.1) is 23.7 Å². The zero-order chi connectivity index (χ0) is 13.1. The number of hydrogen-bond donors (Lipinski definition) is 2. The van der Waals surface area contributed by atoms with Crippen molar-refractivity contribution in [2.75, 3.05) is 0 Å². The number of hydrogen-bond acceptors (Lipinski definition) is 3. The lowest BCUT2D eigenvalue weighted by atomic mass is 10.0. The van der Waals surface area contributed by atoms with Crippen LogP contribution in [0.4, 0.5) is 0 Å². The largest absolute Gasteiger partial charge is 0.475 e. The predicted octanol–water partition coefficient (Wildman–Crippen LogP) is 1.75. The summed E-state index contributed by atoms with van der Waals surface area (Å²) in [5.41, 5.74) is 0. The number of rotatable bonds is 3. The topological polar surface area (TPSA) is 79.5 Å². The molecule has 100 valence electrons. The minimum atomic E-state index is -1.15. The Morgan fingerprint density at radius 2 is 1.79 bits per heavy atom. The molecule has 0 saturated heterocycles. The number of aromatic carboxylic acids is 1. The van der Waals surface area contributed by atoms with Gasteiger partial charge in [0.25, 0.3) is 5.91 Å². The van der Waals surface area contributed by atoms with Crippen molar-refractivity contribution in [3.8, 4) is 0 Å². The number of carboxylic acid groups (broad SMARTS) is 1. The molecule has 0 aliphatic heterocycles. The van der Waals surface area contributed by atoms with E-state index in [9.17, 15) is 9.59 Å². The molecule has 5 heteroatoms. The van der Waals surface area contributed by atoms with Crippen molar-refractivity contribution in [1.29, 1.82) is 0 Å². The average Bonchev–Trinajstić information content (AvgIpc) is 2.87. The fraction of sp³-hybridized carbons (Fsp3) is 0.571. The molecule has 0 spiro atoms. The maximum Gasteiger partial charge on any atom is 0.371 e. The smallest absolute Gasteiger partial charge is 0.371 e. The van der Waals surface area contributed by atoms with Gasteiger partial charge in [-0.2, -0.15) is 0 Å². The van der Waals surface area contributed by atoms with Crippen LogP contribution in [-0.2, 0) is 0 Å². The molecule has 3 aliphatic rings. The lowest BCUT2D eigenvalue weighted by Crippen LogP contribution is -2.29. The quantitative estimate of drug-likeness (QED) is 0.868. The molecular weight excluding hydrogens is 246 g/mol. The molecule has 1 aromatic rings. The van der Waals surface area contributed by atoms with E-state index in [0.717, 1.165) is 11.8 Å². The number of fused-ring (bicyclic) bond motifs is 5. The monoisotopic (exact) mass is 261 g/mol. The lowest BCUT2D eigenvalue weighted by Gasteiger charge is -2.09. The maximum absolute atomic E-state index is 12.0. The summed E-state index contributed by atoms with van der Waals surface area (Å²) in [6.45, 7) is 0. The van der Waals surface area contributed by atoms with Crippen LogP contribution in [-0.4, -0.2) is 23.0 Å². The maximum atomic E-state index is 12.0. The van der Waals surface area contributed by atoms with Gasteiger partial charge in [-0.3, -0.25) is 4.79 Å². The Balaban J connectivity index is 1.44. The number of furan rings is 1. The number of carbonyl (C=O) groups excluding carboxylic acids is 1. The first kappa shape index (κ1) is 11.1. The van der Waals surface area contributed by atoms with Crippen molar-refractivity contribution in [2.24, 2.45) is 23.7 Å². The fourth-order valence-electron chi connectivity index (χ4n) is 4.32. The highest BCUT2D eigenvalue weighted by Crippen LogP contribution is 2.65. The standard InChI is InChI=1S/C14H15NO4/c16-13(8-3-4-9(19-8)14(17)18)15-12-10-6-1-2-7(5-6)11(10)12/h3-4,6-7,10-12H,1-2,5H2,(H,15,16)(H,17,18). The van der Waals surface area contributed by atoms with Crippen LogP contribution in [0.1, 0.15) is 40.4 Å². The summed E-state index contributed by atoms with van der Waals surface area (Å²) in [6, 6.07) is 3.03. The summed E-state index contributed by atoms with van der Waals surface area (Å²) in [5.74, 6) is 1.38. The lowest BCUT2D eigenvalue weighted by molar-refractivity contribution is 0.0659. The van der Waals surface area contributed by atoms with Crippen molar-refractivity contribution in [2.45, 2.75) is 25.3 Å². The van der Waals surface area contributed by atoms with Crippen molar-refractivity contribution >= 4 is 11.9 Å². The van der Waals surface area contributed by atoms with E-state index in [1.54, 1.807) is 0 Å². The van der Waals surface area contributed by atoms with Gasteiger partial charge in [-0.15, -0.1) is 0 Å². The molecule has 1 amide bonds. The van der Waals surface area contributed by atoms with Crippen molar-refractivity contribution in [1.82, 2.24) is 5.32 Å². The first-order valence-corrected chi connectivity index (χ1v) is 6.79. The van der Waals surface area contributed by atoms with E-state index >= 15 is 0 Å². The third-order valence-corrected chi connectivity index (χ3v) is 5.07. The predicted molar refractivity (Wildman–Crippen MR) is 64.7 cm³/mol. The molecule has 19 heavy (non-hydrogen) atoms. The second-order valence-electron chi connectivity index (χ2n) is 5.96. The van der Waals surface area contributed by atoms with Gasteiger partial charge < -0.3 is 14.8 Å². The van der Waals surface area contributed by atoms with Crippen LogP contribution in [0.3, 0.4) is 0 Å². The minimum absolute atomic E-state index is 0.0923. The van der Waals surface area contributed by atoms with E-state index in [1.165, 1.54) is 31.4 Å². The van der Waals surface area contributed by atoms with Gasteiger partial charge >= 0.3 is 5.97 Å². The molecule has 5 nitrogen and oxygen atoms in total. The molecule has 3 fully saturated rings. The summed E-state index contributed by atoms with van der Waals surface area (Å²) < 4.78 is 5.02. The number of nitrogens with one attached hydrogen (secondary N) is 1. The molecule has 4 atom stereocenters. The average molecular weight is 261 g/mol. The van der Waals surface area contributed by atoms with Crippen molar-refractivity contribution in [3.63, 3.8) is 0 Å². The van der Waals surface area contributed by atoms with Crippen LogP contribution < -0.4 is 5.32 Å². The van der Waals surface area contributed by atoms with E-state index in [0.29, 0.717) is 11.8 Å². The first-order valence-electron chi connectivity index (χ1n) is 6.79. The molecular formula is C14H15NO4. The van der Waals surface area contributed by atoms with Gasteiger partial charge in [0.1, 0.15) is 0 Å². The van der Waals surface area contributed by atoms with Gasteiger partial charge in [0.05, 0.1) is 0 Å². The van der Waals surface area contributed by atoms with Gasteiger partial charge in [-0.25, -0.2) is 4.79 Å². The molecule has 4 unspecified atom stereocenters. The summed E-state index contributed by atoms with van der Waals surface area (Å²) in [7, 11) is 0. The molecule has 4 rings (SSSR count). The van der Waals surface area contributed by atoms with E-state index in [1.807, 2.05) is 0 Å². The van der Waals surface area contributed by atoms with Crippen LogP contribution in [0.2, 0.25) is 0 Å².